The Kier molecular flexibility index (Phi) is 6.66. The minimum Gasteiger partial charge on any atom is -0.494 e. The zero-order chi connectivity index (χ0) is 26.1. The normalized spacial score (nSPS) is 17.4. The molecule has 0 spiro atoms. The summed E-state index contributed by atoms with van der Waals surface area (Å²) in [6, 6.07) is 22.4. The van der Waals surface area contributed by atoms with Crippen LogP contribution in [0, 0.1) is 6.92 Å². The minimum absolute atomic E-state index is 0.0313. The first-order valence-corrected chi connectivity index (χ1v) is 13.8. The van der Waals surface area contributed by atoms with Crippen LogP contribution in [-0.2, 0) is 6.54 Å². The van der Waals surface area contributed by atoms with Crippen molar-refractivity contribution < 1.29 is 9.53 Å². The van der Waals surface area contributed by atoms with Crippen LogP contribution in [0.1, 0.15) is 67.6 Å². The highest BCUT2D eigenvalue weighted by Crippen LogP contribution is 2.39. The van der Waals surface area contributed by atoms with Crippen molar-refractivity contribution in [1.82, 2.24) is 24.6 Å². The van der Waals surface area contributed by atoms with Gasteiger partial charge in [0.05, 0.1) is 36.3 Å². The SMILES string of the molecule is CCOc1cccc(C2c3cccn3-c3c(c(C)nn3-c3ccccc3)CN2C(=O)NC2CCCCC2)c1. The molecule has 1 unspecified atom stereocenters. The molecule has 1 aliphatic heterocycles. The van der Waals surface area contributed by atoms with E-state index in [1.807, 2.05) is 53.8 Å². The third-order valence-electron chi connectivity index (χ3n) is 7.77. The van der Waals surface area contributed by atoms with Crippen LogP contribution in [0.25, 0.3) is 11.5 Å². The number of para-hydroxylation sites is 1. The van der Waals surface area contributed by atoms with Crippen molar-refractivity contribution in [1.29, 1.82) is 0 Å². The van der Waals surface area contributed by atoms with Crippen LogP contribution in [0.15, 0.2) is 72.9 Å². The summed E-state index contributed by atoms with van der Waals surface area (Å²) in [4.78, 5) is 16.1. The lowest BCUT2D eigenvalue weighted by molar-refractivity contribution is 0.173. The Balaban J connectivity index is 1.50. The zero-order valence-corrected chi connectivity index (χ0v) is 22.1. The number of fused-ring (bicyclic) bond motifs is 3. The largest absolute Gasteiger partial charge is 0.494 e. The summed E-state index contributed by atoms with van der Waals surface area (Å²) in [5, 5.41) is 8.33. The number of carbonyl (C=O) groups is 1. The highest BCUT2D eigenvalue weighted by Gasteiger charge is 2.36. The van der Waals surface area contributed by atoms with Crippen molar-refractivity contribution in [3.63, 3.8) is 0 Å². The number of hydrogen-bond donors (Lipinski definition) is 1. The van der Waals surface area contributed by atoms with Gasteiger partial charge in [-0.15, -0.1) is 0 Å². The van der Waals surface area contributed by atoms with Gasteiger partial charge in [-0.05, 0) is 68.7 Å². The fourth-order valence-electron chi connectivity index (χ4n) is 5.95. The number of nitrogens with zero attached hydrogens (tertiary/aromatic N) is 4. The van der Waals surface area contributed by atoms with Crippen LogP contribution < -0.4 is 10.1 Å². The quantitative estimate of drug-likeness (QED) is 0.343. The van der Waals surface area contributed by atoms with Crippen molar-refractivity contribution in [3.8, 4) is 17.3 Å². The van der Waals surface area contributed by atoms with E-state index >= 15 is 0 Å². The molecule has 7 nitrogen and oxygen atoms in total. The number of nitrogens with one attached hydrogen (secondary N) is 1. The number of ether oxygens (including phenoxy) is 1. The molecule has 1 N–H and O–H groups in total. The number of urea groups is 1. The summed E-state index contributed by atoms with van der Waals surface area (Å²) in [6.07, 6.45) is 7.74. The van der Waals surface area contributed by atoms with Crippen molar-refractivity contribution >= 4 is 6.03 Å². The Hall–Kier alpha value is -4.00. The molecule has 1 atom stereocenters. The topological polar surface area (TPSA) is 64.3 Å². The van der Waals surface area contributed by atoms with E-state index in [4.69, 9.17) is 9.84 Å². The van der Waals surface area contributed by atoms with Crippen LogP contribution in [0.3, 0.4) is 0 Å². The molecule has 0 bridgehead atoms. The Morgan fingerprint density at radius 2 is 1.84 bits per heavy atom. The summed E-state index contributed by atoms with van der Waals surface area (Å²) in [7, 11) is 0. The van der Waals surface area contributed by atoms with Crippen LogP contribution in [0.4, 0.5) is 4.79 Å². The standard InChI is InChI=1S/C31H35N5O2/c1-3-38-26-17-10-12-23(20-26)29-28-18-11-19-34(28)30-27(22(2)33-36(30)25-15-8-5-9-16-25)21-35(29)31(37)32-24-13-6-4-7-14-24/h5,8-12,15-20,24,29H,3-4,6-7,13-14,21H2,1-2H3,(H,32,37). The van der Waals surface area contributed by atoms with Crippen molar-refractivity contribution in [2.75, 3.05) is 6.61 Å². The van der Waals surface area contributed by atoms with E-state index in [2.05, 4.69) is 52.5 Å². The Labute approximate surface area is 224 Å². The third kappa shape index (κ3) is 4.46. The number of aryl methyl sites for hydroxylation is 1. The second-order valence-electron chi connectivity index (χ2n) is 10.3. The van der Waals surface area contributed by atoms with E-state index in [9.17, 15) is 4.79 Å². The lowest BCUT2D eigenvalue weighted by Gasteiger charge is -2.33. The van der Waals surface area contributed by atoms with Gasteiger partial charge in [0, 0.05) is 17.8 Å². The van der Waals surface area contributed by atoms with Gasteiger partial charge in [-0.1, -0.05) is 49.6 Å². The van der Waals surface area contributed by atoms with Crippen molar-refractivity contribution in [3.05, 3.63) is 95.4 Å². The van der Waals surface area contributed by atoms with E-state index in [-0.39, 0.29) is 18.1 Å². The second kappa shape index (κ2) is 10.4. The van der Waals surface area contributed by atoms with Gasteiger partial charge >= 0.3 is 6.03 Å². The first-order chi connectivity index (χ1) is 18.6. The van der Waals surface area contributed by atoms with E-state index in [0.29, 0.717) is 13.2 Å². The number of carbonyl (C=O) groups excluding carboxylic acids is 1. The molecule has 1 saturated carbocycles. The first kappa shape index (κ1) is 24.3. The summed E-state index contributed by atoms with van der Waals surface area (Å²) < 4.78 is 10.1. The van der Waals surface area contributed by atoms with E-state index in [1.165, 1.54) is 19.3 Å². The number of aromatic nitrogens is 3. The molecular weight excluding hydrogens is 474 g/mol. The van der Waals surface area contributed by atoms with Gasteiger partial charge in [-0.3, -0.25) is 0 Å². The number of benzene rings is 2. The fraction of sp³-hybridized carbons (Fsp3) is 0.355. The van der Waals surface area contributed by atoms with Crippen LogP contribution in [0.2, 0.25) is 0 Å². The molecular formula is C31H35N5O2. The molecule has 2 aromatic carbocycles. The van der Waals surface area contributed by atoms with E-state index < -0.39 is 0 Å². The van der Waals surface area contributed by atoms with Crippen LogP contribution in [0.5, 0.6) is 5.75 Å². The minimum atomic E-state index is -0.287. The molecule has 3 heterocycles. The molecule has 7 heteroatoms. The summed E-state index contributed by atoms with van der Waals surface area (Å²) >= 11 is 0. The predicted molar refractivity (Wildman–Crippen MR) is 148 cm³/mol. The molecule has 196 valence electrons. The number of amides is 2. The fourth-order valence-corrected chi connectivity index (χ4v) is 5.95. The van der Waals surface area contributed by atoms with Gasteiger partial charge < -0.3 is 19.5 Å². The predicted octanol–water partition coefficient (Wildman–Crippen LogP) is 6.32. The van der Waals surface area contributed by atoms with Crippen molar-refractivity contribution in [2.24, 2.45) is 0 Å². The maximum Gasteiger partial charge on any atom is 0.318 e. The Morgan fingerprint density at radius 1 is 1.03 bits per heavy atom. The molecule has 0 radical (unpaired) electrons. The van der Waals surface area contributed by atoms with E-state index in [0.717, 1.165) is 52.6 Å². The lowest BCUT2D eigenvalue weighted by atomic mass is 9.95. The monoisotopic (exact) mass is 509 g/mol. The van der Waals surface area contributed by atoms with Crippen LogP contribution >= 0.6 is 0 Å². The summed E-state index contributed by atoms with van der Waals surface area (Å²) in [6.45, 7) is 5.07. The van der Waals surface area contributed by atoms with Gasteiger partial charge in [-0.25, -0.2) is 9.48 Å². The Bertz CT molecular complexity index is 1420. The molecule has 2 aliphatic rings. The van der Waals surface area contributed by atoms with Gasteiger partial charge in [0.2, 0.25) is 0 Å². The third-order valence-corrected chi connectivity index (χ3v) is 7.77. The molecule has 2 amide bonds. The van der Waals surface area contributed by atoms with Gasteiger partial charge in [0.1, 0.15) is 11.6 Å². The van der Waals surface area contributed by atoms with E-state index in [1.54, 1.807) is 0 Å². The zero-order valence-electron chi connectivity index (χ0n) is 22.1. The maximum absolute atomic E-state index is 14.1. The highest BCUT2D eigenvalue weighted by atomic mass is 16.5. The number of rotatable bonds is 5. The molecule has 1 aliphatic carbocycles. The second-order valence-corrected chi connectivity index (χ2v) is 10.3. The molecule has 0 saturated heterocycles. The molecule has 6 rings (SSSR count). The molecule has 4 aromatic rings. The van der Waals surface area contributed by atoms with Gasteiger partial charge in [0.15, 0.2) is 0 Å². The molecule has 38 heavy (non-hydrogen) atoms. The number of hydrogen-bond acceptors (Lipinski definition) is 3. The summed E-state index contributed by atoms with van der Waals surface area (Å²) in [5.74, 6) is 1.79. The maximum atomic E-state index is 14.1. The van der Waals surface area contributed by atoms with Gasteiger partial charge in [-0.2, -0.15) is 5.10 Å². The molecule has 2 aromatic heterocycles. The summed E-state index contributed by atoms with van der Waals surface area (Å²) in [5.41, 5.74) is 5.01. The van der Waals surface area contributed by atoms with Crippen LogP contribution in [-0.4, -0.2) is 37.9 Å². The Morgan fingerprint density at radius 3 is 2.63 bits per heavy atom. The highest BCUT2D eigenvalue weighted by molar-refractivity contribution is 5.76. The lowest BCUT2D eigenvalue weighted by Crippen LogP contribution is -2.46. The average Bonchev–Trinajstić information content (AvgIpc) is 3.50. The average molecular weight is 510 g/mol. The smallest absolute Gasteiger partial charge is 0.318 e. The van der Waals surface area contributed by atoms with Crippen molar-refractivity contribution in [2.45, 2.75) is 64.6 Å². The molecule has 1 fully saturated rings. The first-order valence-electron chi connectivity index (χ1n) is 13.8. The van der Waals surface area contributed by atoms with Gasteiger partial charge in [0.25, 0.3) is 0 Å².